The van der Waals surface area contributed by atoms with Gasteiger partial charge in [-0.15, -0.1) is 0 Å². The van der Waals surface area contributed by atoms with Crippen molar-refractivity contribution in [1.29, 1.82) is 0 Å². The van der Waals surface area contributed by atoms with Gasteiger partial charge in [-0.1, -0.05) is 54.6 Å². The molecule has 0 fully saturated rings. The van der Waals surface area contributed by atoms with Crippen molar-refractivity contribution in [2.75, 3.05) is 11.9 Å². The number of carbonyl (C=O) groups is 2. The predicted octanol–water partition coefficient (Wildman–Crippen LogP) is 4.73. The summed E-state index contributed by atoms with van der Waals surface area (Å²) in [5, 5.41) is 5.43. The van der Waals surface area contributed by atoms with Crippen LogP contribution in [0.3, 0.4) is 0 Å². The van der Waals surface area contributed by atoms with Gasteiger partial charge in [-0.05, 0) is 54.0 Å². The van der Waals surface area contributed by atoms with E-state index in [1.54, 1.807) is 18.2 Å². The molecular formula is C26H26N2O3. The third-order valence-corrected chi connectivity index (χ3v) is 4.66. The Balaban J connectivity index is 1.62. The molecule has 0 spiro atoms. The third-order valence-electron chi connectivity index (χ3n) is 4.66. The van der Waals surface area contributed by atoms with E-state index in [0.717, 1.165) is 23.3 Å². The molecule has 31 heavy (non-hydrogen) atoms. The third kappa shape index (κ3) is 6.85. The lowest BCUT2D eigenvalue weighted by Gasteiger charge is -2.11. The van der Waals surface area contributed by atoms with Crippen molar-refractivity contribution < 1.29 is 14.3 Å². The van der Waals surface area contributed by atoms with E-state index >= 15 is 0 Å². The van der Waals surface area contributed by atoms with E-state index in [1.165, 1.54) is 12.5 Å². The quantitative estimate of drug-likeness (QED) is 0.524. The SMILES string of the molecule is CC(=O)N/C(=C\c1ccccc1C)C(=O)Nc1ccc(OCCc2ccccc2)cc1. The largest absolute Gasteiger partial charge is 0.493 e. The minimum absolute atomic E-state index is 0.185. The van der Waals surface area contributed by atoms with Gasteiger partial charge in [-0.25, -0.2) is 0 Å². The van der Waals surface area contributed by atoms with Gasteiger partial charge in [0.1, 0.15) is 11.4 Å². The van der Waals surface area contributed by atoms with E-state index < -0.39 is 5.91 Å². The molecule has 158 valence electrons. The van der Waals surface area contributed by atoms with Crippen molar-refractivity contribution >= 4 is 23.6 Å². The molecule has 3 aromatic carbocycles. The van der Waals surface area contributed by atoms with Crippen LogP contribution >= 0.6 is 0 Å². The molecule has 0 aliphatic heterocycles. The Labute approximate surface area is 182 Å². The van der Waals surface area contributed by atoms with Crippen LogP contribution in [0.15, 0.2) is 84.6 Å². The van der Waals surface area contributed by atoms with Crippen molar-refractivity contribution in [1.82, 2.24) is 5.32 Å². The minimum atomic E-state index is -0.392. The topological polar surface area (TPSA) is 67.4 Å². The molecule has 0 aliphatic rings. The number of nitrogens with one attached hydrogen (secondary N) is 2. The van der Waals surface area contributed by atoms with Gasteiger partial charge in [0.05, 0.1) is 6.61 Å². The van der Waals surface area contributed by atoms with Crippen molar-refractivity contribution in [3.63, 3.8) is 0 Å². The van der Waals surface area contributed by atoms with Gasteiger partial charge in [0, 0.05) is 19.0 Å². The lowest BCUT2D eigenvalue weighted by molar-refractivity contribution is -0.120. The first-order chi connectivity index (χ1) is 15.0. The van der Waals surface area contributed by atoms with E-state index in [-0.39, 0.29) is 11.6 Å². The molecular weight excluding hydrogens is 388 g/mol. The molecule has 0 aliphatic carbocycles. The van der Waals surface area contributed by atoms with Crippen LogP contribution in [-0.2, 0) is 16.0 Å². The van der Waals surface area contributed by atoms with Crippen LogP contribution in [0.1, 0.15) is 23.6 Å². The molecule has 5 heteroatoms. The maximum absolute atomic E-state index is 12.8. The van der Waals surface area contributed by atoms with Crippen LogP contribution in [0.2, 0.25) is 0 Å². The molecule has 0 bridgehead atoms. The molecule has 3 rings (SSSR count). The van der Waals surface area contributed by atoms with Gasteiger partial charge in [0.2, 0.25) is 5.91 Å². The monoisotopic (exact) mass is 414 g/mol. The van der Waals surface area contributed by atoms with Crippen molar-refractivity contribution in [3.8, 4) is 5.75 Å². The molecule has 0 aromatic heterocycles. The van der Waals surface area contributed by atoms with Gasteiger partial charge in [-0.3, -0.25) is 9.59 Å². The molecule has 5 nitrogen and oxygen atoms in total. The summed E-state index contributed by atoms with van der Waals surface area (Å²) in [5.41, 5.74) is 3.89. The number of ether oxygens (including phenoxy) is 1. The second-order valence-corrected chi connectivity index (χ2v) is 7.16. The lowest BCUT2D eigenvalue weighted by atomic mass is 10.1. The van der Waals surface area contributed by atoms with Crippen molar-refractivity contribution in [2.45, 2.75) is 20.3 Å². The smallest absolute Gasteiger partial charge is 0.272 e. The van der Waals surface area contributed by atoms with Crippen LogP contribution in [0.4, 0.5) is 5.69 Å². The number of anilines is 1. The van der Waals surface area contributed by atoms with Gasteiger partial charge in [-0.2, -0.15) is 0 Å². The average molecular weight is 415 g/mol. The van der Waals surface area contributed by atoms with Crippen molar-refractivity contribution in [3.05, 3.63) is 101 Å². The van der Waals surface area contributed by atoms with Gasteiger partial charge < -0.3 is 15.4 Å². The van der Waals surface area contributed by atoms with Gasteiger partial charge in [0.15, 0.2) is 0 Å². The highest BCUT2D eigenvalue weighted by Gasteiger charge is 2.12. The zero-order valence-corrected chi connectivity index (χ0v) is 17.7. The van der Waals surface area contributed by atoms with Gasteiger partial charge >= 0.3 is 0 Å². The van der Waals surface area contributed by atoms with E-state index in [4.69, 9.17) is 4.74 Å². The van der Waals surface area contributed by atoms with E-state index in [2.05, 4.69) is 22.8 Å². The maximum Gasteiger partial charge on any atom is 0.272 e. The summed E-state index contributed by atoms with van der Waals surface area (Å²) in [5.74, 6) is 0.0276. The number of benzene rings is 3. The highest BCUT2D eigenvalue weighted by atomic mass is 16.5. The average Bonchev–Trinajstić information content (AvgIpc) is 2.76. The molecule has 0 saturated heterocycles. The van der Waals surface area contributed by atoms with Crippen LogP contribution in [0.25, 0.3) is 6.08 Å². The van der Waals surface area contributed by atoms with Gasteiger partial charge in [0.25, 0.3) is 5.91 Å². The zero-order chi connectivity index (χ0) is 22.1. The second kappa shape index (κ2) is 10.8. The van der Waals surface area contributed by atoms with Crippen molar-refractivity contribution in [2.24, 2.45) is 0 Å². The summed E-state index contributed by atoms with van der Waals surface area (Å²) in [4.78, 5) is 24.3. The Morgan fingerprint density at radius 2 is 1.58 bits per heavy atom. The summed E-state index contributed by atoms with van der Waals surface area (Å²) in [6, 6.07) is 25.0. The first-order valence-corrected chi connectivity index (χ1v) is 10.1. The number of hydrogen-bond acceptors (Lipinski definition) is 3. The first-order valence-electron chi connectivity index (χ1n) is 10.1. The van der Waals surface area contributed by atoms with E-state index in [0.29, 0.717) is 12.3 Å². The van der Waals surface area contributed by atoms with Crippen LogP contribution in [0, 0.1) is 6.92 Å². The summed E-state index contributed by atoms with van der Waals surface area (Å²) < 4.78 is 5.78. The standard InChI is InChI=1S/C26H26N2O3/c1-19-8-6-7-11-22(19)18-25(27-20(2)29)26(30)28-23-12-14-24(15-13-23)31-17-16-21-9-4-3-5-10-21/h3-15,18H,16-17H2,1-2H3,(H,27,29)(H,28,30)/b25-18-. The molecule has 3 aromatic rings. The summed E-state index contributed by atoms with van der Waals surface area (Å²) in [6.45, 7) is 3.90. The minimum Gasteiger partial charge on any atom is -0.493 e. The summed E-state index contributed by atoms with van der Waals surface area (Å²) in [6.07, 6.45) is 2.50. The van der Waals surface area contributed by atoms with Crippen LogP contribution in [0.5, 0.6) is 5.75 Å². The predicted molar refractivity (Wildman–Crippen MR) is 124 cm³/mol. The Bertz CT molecular complexity index is 1060. The first kappa shape index (κ1) is 21.8. The number of rotatable bonds is 8. The van der Waals surface area contributed by atoms with E-state index in [9.17, 15) is 9.59 Å². The Kier molecular flexibility index (Phi) is 7.60. The second-order valence-electron chi connectivity index (χ2n) is 7.16. The normalized spacial score (nSPS) is 11.0. The molecule has 2 N–H and O–H groups in total. The fourth-order valence-electron chi connectivity index (χ4n) is 3.02. The Morgan fingerprint density at radius 3 is 2.26 bits per heavy atom. The number of carbonyl (C=O) groups excluding carboxylic acids is 2. The van der Waals surface area contributed by atoms with Crippen LogP contribution < -0.4 is 15.4 Å². The number of aryl methyl sites for hydroxylation is 1. The number of amides is 2. The fourth-order valence-corrected chi connectivity index (χ4v) is 3.02. The molecule has 0 heterocycles. The zero-order valence-electron chi connectivity index (χ0n) is 17.7. The summed E-state index contributed by atoms with van der Waals surface area (Å²) in [7, 11) is 0. The Morgan fingerprint density at radius 1 is 0.903 bits per heavy atom. The van der Waals surface area contributed by atoms with Crippen LogP contribution in [-0.4, -0.2) is 18.4 Å². The Hall–Kier alpha value is -3.86. The lowest BCUT2D eigenvalue weighted by Crippen LogP contribution is -2.29. The highest BCUT2D eigenvalue weighted by Crippen LogP contribution is 2.18. The summed E-state index contributed by atoms with van der Waals surface area (Å²) >= 11 is 0. The molecule has 0 unspecified atom stereocenters. The molecule has 0 saturated carbocycles. The highest BCUT2D eigenvalue weighted by molar-refractivity contribution is 6.08. The molecule has 0 radical (unpaired) electrons. The molecule has 2 amide bonds. The van der Waals surface area contributed by atoms with E-state index in [1.807, 2.05) is 61.5 Å². The molecule has 0 atom stereocenters. The fraction of sp³-hybridized carbons (Fsp3) is 0.154. The maximum atomic E-state index is 12.8. The number of hydrogen-bond donors (Lipinski definition) is 2.